The molecule has 1 fully saturated rings. The molecular formula is C17H20N2O4S2. The first-order valence-electron chi connectivity index (χ1n) is 7.91. The highest BCUT2D eigenvalue weighted by molar-refractivity contribution is 8.23. The Bertz CT molecular complexity index is 635. The lowest BCUT2D eigenvalue weighted by Gasteiger charge is -2.15. The molecule has 0 saturated carbocycles. The first kappa shape index (κ1) is 19.4. The number of hydrogen-bond donors (Lipinski definition) is 1. The summed E-state index contributed by atoms with van der Waals surface area (Å²) >= 11 is 6.36. The molecule has 6 nitrogen and oxygen atoms in total. The number of thioether (sulfide) groups is 1. The minimum absolute atomic E-state index is 0.0245. The van der Waals surface area contributed by atoms with Gasteiger partial charge in [0.15, 0.2) is 6.61 Å². The van der Waals surface area contributed by atoms with Crippen LogP contribution in [0.15, 0.2) is 30.3 Å². The van der Waals surface area contributed by atoms with E-state index >= 15 is 0 Å². The van der Waals surface area contributed by atoms with E-state index in [9.17, 15) is 14.4 Å². The lowest BCUT2D eigenvalue weighted by atomic mass is 9.98. The van der Waals surface area contributed by atoms with E-state index < -0.39 is 11.9 Å². The summed E-state index contributed by atoms with van der Waals surface area (Å²) in [5, 5.41) is 2.61. The number of benzene rings is 1. The predicted molar refractivity (Wildman–Crippen MR) is 100 cm³/mol. The third kappa shape index (κ3) is 6.13. The van der Waals surface area contributed by atoms with Crippen LogP contribution in [-0.2, 0) is 19.1 Å². The van der Waals surface area contributed by atoms with Crippen LogP contribution in [-0.4, -0.2) is 52.5 Å². The van der Waals surface area contributed by atoms with Gasteiger partial charge in [-0.05, 0) is 11.5 Å². The summed E-state index contributed by atoms with van der Waals surface area (Å²) < 4.78 is 5.53. The molecule has 1 aromatic carbocycles. The summed E-state index contributed by atoms with van der Waals surface area (Å²) in [5.74, 6) is -0.490. The third-order valence-electron chi connectivity index (χ3n) is 3.70. The van der Waals surface area contributed by atoms with E-state index in [0.717, 1.165) is 5.56 Å². The summed E-state index contributed by atoms with van der Waals surface area (Å²) in [7, 11) is 0. The fourth-order valence-corrected chi connectivity index (χ4v) is 3.43. The molecule has 0 radical (unpaired) electrons. The zero-order chi connectivity index (χ0) is 18.2. The quantitative estimate of drug-likeness (QED) is 0.547. The van der Waals surface area contributed by atoms with E-state index in [4.69, 9.17) is 17.0 Å². The van der Waals surface area contributed by atoms with Crippen molar-refractivity contribution in [3.05, 3.63) is 35.9 Å². The first-order valence-corrected chi connectivity index (χ1v) is 9.31. The van der Waals surface area contributed by atoms with Crippen molar-refractivity contribution in [3.63, 3.8) is 0 Å². The van der Waals surface area contributed by atoms with Crippen LogP contribution < -0.4 is 5.32 Å². The topological polar surface area (TPSA) is 75.7 Å². The molecule has 0 bridgehead atoms. The van der Waals surface area contributed by atoms with Crippen LogP contribution in [0.3, 0.4) is 0 Å². The molecule has 8 heteroatoms. The number of nitrogens with zero attached hydrogens (tertiary/aromatic N) is 1. The molecule has 1 aliphatic heterocycles. The lowest BCUT2D eigenvalue weighted by molar-refractivity contribution is -0.148. The summed E-state index contributed by atoms with van der Waals surface area (Å²) in [6.45, 7) is 2.21. The predicted octanol–water partition coefficient (Wildman–Crippen LogP) is 1.70. The van der Waals surface area contributed by atoms with Crippen molar-refractivity contribution >= 4 is 46.1 Å². The van der Waals surface area contributed by atoms with Gasteiger partial charge >= 0.3 is 5.97 Å². The van der Waals surface area contributed by atoms with Gasteiger partial charge in [0.05, 0.1) is 12.2 Å². The summed E-state index contributed by atoms with van der Waals surface area (Å²) in [6, 6.07) is 9.65. The molecule has 1 atom stereocenters. The van der Waals surface area contributed by atoms with E-state index in [2.05, 4.69) is 5.32 Å². The van der Waals surface area contributed by atoms with E-state index in [-0.39, 0.29) is 31.4 Å². The first-order chi connectivity index (χ1) is 12.0. The van der Waals surface area contributed by atoms with Crippen LogP contribution in [0.2, 0.25) is 0 Å². The second kappa shape index (κ2) is 9.53. The Kier molecular flexibility index (Phi) is 7.39. The van der Waals surface area contributed by atoms with Crippen LogP contribution in [0.1, 0.15) is 24.8 Å². The Balaban J connectivity index is 1.63. The number of thiocarbonyl (C=S) groups is 1. The fraction of sp³-hybridized carbons (Fsp3) is 0.412. The number of ether oxygens (including phenoxy) is 1. The largest absolute Gasteiger partial charge is 0.456 e. The average Bonchev–Trinajstić information content (AvgIpc) is 2.92. The van der Waals surface area contributed by atoms with Crippen molar-refractivity contribution < 1.29 is 19.1 Å². The zero-order valence-electron chi connectivity index (χ0n) is 13.9. The van der Waals surface area contributed by atoms with E-state index in [1.165, 1.54) is 16.7 Å². The number of hydrogen-bond acceptors (Lipinski definition) is 6. The van der Waals surface area contributed by atoms with Crippen LogP contribution in [0, 0.1) is 0 Å². The number of esters is 1. The molecule has 25 heavy (non-hydrogen) atoms. The van der Waals surface area contributed by atoms with Crippen molar-refractivity contribution in [2.75, 3.05) is 25.4 Å². The molecule has 1 N–H and O–H groups in total. The molecule has 1 aromatic rings. The van der Waals surface area contributed by atoms with Crippen LogP contribution >= 0.6 is 24.0 Å². The van der Waals surface area contributed by atoms with Crippen molar-refractivity contribution in [1.29, 1.82) is 0 Å². The van der Waals surface area contributed by atoms with Crippen molar-refractivity contribution in [3.8, 4) is 0 Å². The van der Waals surface area contributed by atoms with Crippen molar-refractivity contribution in [1.82, 2.24) is 10.2 Å². The third-order valence-corrected chi connectivity index (χ3v) is 5.14. The van der Waals surface area contributed by atoms with Gasteiger partial charge in [-0.2, -0.15) is 0 Å². The number of amides is 2. The molecule has 1 heterocycles. The highest BCUT2D eigenvalue weighted by Crippen LogP contribution is 2.19. The molecule has 2 rings (SSSR count). The average molecular weight is 380 g/mol. The SMILES string of the molecule is C[C@@H](CC(=O)OCC(=O)NCCN1C(=O)CSC1=S)c1ccccc1. The lowest BCUT2D eigenvalue weighted by Crippen LogP contribution is -2.38. The zero-order valence-corrected chi connectivity index (χ0v) is 15.5. The van der Waals surface area contributed by atoms with Crippen LogP contribution in [0.5, 0.6) is 0 Å². The second-order valence-electron chi connectivity index (χ2n) is 5.63. The fourth-order valence-electron chi connectivity index (χ4n) is 2.31. The summed E-state index contributed by atoms with van der Waals surface area (Å²) in [5.41, 5.74) is 1.05. The Labute approximate surface area is 156 Å². The number of carbonyl (C=O) groups is 3. The van der Waals surface area contributed by atoms with E-state index in [1.54, 1.807) is 0 Å². The van der Waals surface area contributed by atoms with Gasteiger partial charge in [0, 0.05) is 13.1 Å². The molecule has 0 aromatic heterocycles. The number of rotatable bonds is 8. The molecule has 2 amide bonds. The van der Waals surface area contributed by atoms with Gasteiger partial charge in [0.2, 0.25) is 5.91 Å². The van der Waals surface area contributed by atoms with Crippen molar-refractivity contribution in [2.24, 2.45) is 0 Å². The van der Waals surface area contributed by atoms with E-state index in [1.807, 2.05) is 37.3 Å². The number of nitrogens with one attached hydrogen (secondary N) is 1. The number of carbonyl (C=O) groups excluding carboxylic acids is 3. The van der Waals surface area contributed by atoms with Gasteiger partial charge in [-0.1, -0.05) is 61.2 Å². The van der Waals surface area contributed by atoms with Gasteiger partial charge in [-0.25, -0.2) is 0 Å². The van der Waals surface area contributed by atoms with Crippen LogP contribution in [0.25, 0.3) is 0 Å². The van der Waals surface area contributed by atoms with Gasteiger partial charge in [-0.3, -0.25) is 19.3 Å². The monoisotopic (exact) mass is 380 g/mol. The van der Waals surface area contributed by atoms with Gasteiger partial charge in [-0.15, -0.1) is 0 Å². The van der Waals surface area contributed by atoms with Gasteiger partial charge in [0.25, 0.3) is 5.91 Å². The maximum Gasteiger partial charge on any atom is 0.306 e. The molecule has 0 spiro atoms. The highest BCUT2D eigenvalue weighted by atomic mass is 32.2. The standard InChI is InChI=1S/C17H20N2O4S2/c1-12(13-5-3-2-4-6-13)9-16(22)23-10-14(20)18-7-8-19-15(21)11-25-17(19)24/h2-6,12H,7-11H2,1H3,(H,18,20)/t12-/m0/s1. The minimum atomic E-state index is -0.418. The maximum atomic E-state index is 11.8. The summed E-state index contributed by atoms with van der Waals surface area (Å²) in [6.07, 6.45) is 0.213. The normalized spacial score (nSPS) is 15.2. The second-order valence-corrected chi connectivity index (χ2v) is 7.24. The van der Waals surface area contributed by atoms with E-state index in [0.29, 0.717) is 16.6 Å². The Hall–Kier alpha value is -1.93. The maximum absolute atomic E-state index is 11.8. The Morgan fingerprint density at radius 1 is 1.36 bits per heavy atom. The van der Waals surface area contributed by atoms with Gasteiger partial charge in [0.1, 0.15) is 4.32 Å². The Morgan fingerprint density at radius 3 is 2.72 bits per heavy atom. The Morgan fingerprint density at radius 2 is 2.08 bits per heavy atom. The van der Waals surface area contributed by atoms with Gasteiger partial charge < -0.3 is 10.1 Å². The molecule has 1 aliphatic rings. The molecular weight excluding hydrogens is 360 g/mol. The molecule has 0 unspecified atom stereocenters. The van der Waals surface area contributed by atoms with Crippen molar-refractivity contribution in [2.45, 2.75) is 19.3 Å². The minimum Gasteiger partial charge on any atom is -0.456 e. The summed E-state index contributed by atoms with van der Waals surface area (Å²) in [4.78, 5) is 36.5. The molecule has 1 saturated heterocycles. The van der Waals surface area contributed by atoms with Crippen LogP contribution in [0.4, 0.5) is 0 Å². The smallest absolute Gasteiger partial charge is 0.306 e. The molecule has 134 valence electrons. The molecule has 0 aliphatic carbocycles. The highest BCUT2D eigenvalue weighted by Gasteiger charge is 2.26.